The lowest BCUT2D eigenvalue weighted by atomic mass is 9.85. The molecule has 0 unspecified atom stereocenters. The normalized spacial score (nSPS) is 20.1. The number of hydrogen-bond donors (Lipinski definition) is 2. The molecule has 0 radical (unpaired) electrons. The number of aliphatic hydroxyl groups is 1. The van der Waals surface area contributed by atoms with Gasteiger partial charge in [-0.2, -0.15) is 0 Å². The molecule has 0 aromatic heterocycles. The molecule has 1 aliphatic rings. The Morgan fingerprint density at radius 2 is 2.00 bits per heavy atom. The van der Waals surface area contributed by atoms with E-state index < -0.39 is 11.0 Å². The number of hydrogen-bond acceptors (Lipinski definition) is 3. The van der Waals surface area contributed by atoms with Crippen LogP contribution in [0.1, 0.15) is 38.7 Å². The van der Waals surface area contributed by atoms with Crippen LogP contribution in [0.15, 0.2) is 43.0 Å². The van der Waals surface area contributed by atoms with Crippen LogP contribution in [0, 0.1) is 5.41 Å². The molecule has 0 saturated carbocycles. The zero-order valence-electron chi connectivity index (χ0n) is 14.9. The Labute approximate surface area is 145 Å². The van der Waals surface area contributed by atoms with Crippen molar-refractivity contribution in [2.24, 2.45) is 5.41 Å². The minimum absolute atomic E-state index is 0.0554. The highest BCUT2D eigenvalue weighted by atomic mass is 16.3. The lowest BCUT2D eigenvalue weighted by Gasteiger charge is -2.39. The van der Waals surface area contributed by atoms with E-state index in [1.54, 1.807) is 6.08 Å². The van der Waals surface area contributed by atoms with Crippen LogP contribution in [0.5, 0.6) is 0 Å². The number of rotatable bonds is 7. The van der Waals surface area contributed by atoms with Crippen LogP contribution in [0.25, 0.3) is 0 Å². The number of piperidine rings is 1. The topological polar surface area (TPSA) is 52.6 Å². The molecule has 0 aliphatic carbocycles. The molecule has 132 valence electrons. The first kappa shape index (κ1) is 18.7. The van der Waals surface area contributed by atoms with Crippen molar-refractivity contribution >= 4 is 5.91 Å². The van der Waals surface area contributed by atoms with E-state index >= 15 is 0 Å². The van der Waals surface area contributed by atoms with Gasteiger partial charge in [0.1, 0.15) is 0 Å². The Bertz CT molecular complexity index is 550. The fourth-order valence-corrected chi connectivity index (χ4v) is 2.99. The average molecular weight is 330 g/mol. The largest absolute Gasteiger partial charge is 0.388 e. The Hall–Kier alpha value is -1.65. The molecule has 2 N–H and O–H groups in total. The van der Waals surface area contributed by atoms with Crippen molar-refractivity contribution in [1.29, 1.82) is 0 Å². The van der Waals surface area contributed by atoms with Gasteiger partial charge in [0, 0.05) is 26.2 Å². The summed E-state index contributed by atoms with van der Waals surface area (Å²) >= 11 is 0. The summed E-state index contributed by atoms with van der Waals surface area (Å²) in [5.74, 6) is -0.0554. The maximum atomic E-state index is 12.3. The molecule has 1 atom stereocenters. The molecule has 24 heavy (non-hydrogen) atoms. The lowest BCUT2D eigenvalue weighted by molar-refractivity contribution is -0.129. The lowest BCUT2D eigenvalue weighted by Crippen LogP contribution is -2.52. The molecule has 1 heterocycles. The monoisotopic (exact) mass is 330 g/mol. The van der Waals surface area contributed by atoms with Gasteiger partial charge in [0.15, 0.2) is 0 Å². The van der Waals surface area contributed by atoms with Crippen LogP contribution >= 0.6 is 0 Å². The molecule has 0 bridgehead atoms. The summed E-state index contributed by atoms with van der Waals surface area (Å²) < 4.78 is 0. The predicted molar refractivity (Wildman–Crippen MR) is 97.5 cm³/mol. The van der Waals surface area contributed by atoms with E-state index in [0.717, 1.165) is 19.6 Å². The first-order chi connectivity index (χ1) is 11.4. The van der Waals surface area contributed by atoms with E-state index in [-0.39, 0.29) is 5.91 Å². The summed E-state index contributed by atoms with van der Waals surface area (Å²) in [4.78, 5) is 14.7. The molecular weight excluding hydrogens is 300 g/mol. The molecule has 1 aromatic rings. The van der Waals surface area contributed by atoms with Gasteiger partial charge in [0.25, 0.3) is 0 Å². The van der Waals surface area contributed by atoms with Crippen molar-refractivity contribution in [1.82, 2.24) is 10.2 Å². The van der Waals surface area contributed by atoms with Gasteiger partial charge in [-0.1, -0.05) is 43.3 Å². The quantitative estimate of drug-likeness (QED) is 0.756. The smallest absolute Gasteiger partial charge is 0.229 e. The minimum atomic E-state index is -0.807. The van der Waals surface area contributed by atoms with Gasteiger partial charge in [0.05, 0.1) is 11.0 Å². The zero-order chi connectivity index (χ0) is 17.6. The fourth-order valence-electron chi connectivity index (χ4n) is 2.99. The number of likely N-dealkylation sites (tertiary alicyclic amines) is 1. The summed E-state index contributed by atoms with van der Waals surface area (Å²) in [6.45, 7) is 10.5. The number of benzene rings is 1. The fraction of sp³-hybridized carbons (Fsp3) is 0.550. The minimum Gasteiger partial charge on any atom is -0.388 e. The van der Waals surface area contributed by atoms with Crippen LogP contribution < -0.4 is 5.32 Å². The van der Waals surface area contributed by atoms with E-state index in [1.807, 2.05) is 19.9 Å². The predicted octanol–water partition coefficient (Wildman–Crippen LogP) is 2.73. The van der Waals surface area contributed by atoms with E-state index in [1.165, 1.54) is 5.56 Å². The van der Waals surface area contributed by atoms with Crippen molar-refractivity contribution in [3.8, 4) is 0 Å². The van der Waals surface area contributed by atoms with Crippen molar-refractivity contribution in [3.63, 3.8) is 0 Å². The van der Waals surface area contributed by atoms with Crippen molar-refractivity contribution in [2.45, 2.75) is 45.3 Å². The van der Waals surface area contributed by atoms with E-state index in [4.69, 9.17) is 0 Å². The Morgan fingerprint density at radius 3 is 2.54 bits per heavy atom. The molecule has 0 spiro atoms. The summed E-state index contributed by atoms with van der Waals surface area (Å²) in [5.41, 5.74) is -0.0794. The van der Waals surface area contributed by atoms with Gasteiger partial charge < -0.3 is 10.4 Å². The molecule has 1 saturated heterocycles. The van der Waals surface area contributed by atoms with Gasteiger partial charge >= 0.3 is 0 Å². The van der Waals surface area contributed by atoms with Crippen molar-refractivity contribution in [2.75, 3.05) is 19.6 Å². The van der Waals surface area contributed by atoms with Gasteiger partial charge in [-0.25, -0.2) is 0 Å². The molecule has 1 aliphatic heterocycles. The SMILES string of the molecule is C=C[C@@](C)(CC)C(=O)NCC1(O)CCN(Cc2ccccc2)CC1. The third-order valence-corrected chi connectivity index (χ3v) is 5.32. The molecule has 1 fully saturated rings. The van der Waals surface area contributed by atoms with Crippen LogP contribution in [-0.4, -0.2) is 41.1 Å². The Balaban J connectivity index is 1.82. The standard InChI is InChI=1S/C20H30N2O2/c1-4-19(3,5-2)18(23)21-16-20(24)11-13-22(14-12-20)15-17-9-7-6-8-10-17/h4,6-10,24H,1,5,11-16H2,2-3H3,(H,21,23)/t19-/m0/s1. The number of nitrogens with zero attached hydrogens (tertiary/aromatic N) is 1. The summed E-state index contributed by atoms with van der Waals surface area (Å²) in [6, 6.07) is 10.4. The van der Waals surface area contributed by atoms with Crippen LogP contribution in [-0.2, 0) is 11.3 Å². The molecule has 4 heteroatoms. The molecule has 1 amide bonds. The molecule has 1 aromatic carbocycles. The Kier molecular flexibility index (Phi) is 6.19. The van der Waals surface area contributed by atoms with Gasteiger partial charge in [-0.05, 0) is 31.7 Å². The number of amides is 1. The average Bonchev–Trinajstić information content (AvgIpc) is 2.62. The van der Waals surface area contributed by atoms with Gasteiger partial charge in [-0.3, -0.25) is 9.69 Å². The van der Waals surface area contributed by atoms with Crippen LogP contribution in [0.3, 0.4) is 0 Å². The third kappa shape index (κ3) is 4.68. The van der Waals surface area contributed by atoms with Crippen LogP contribution in [0.4, 0.5) is 0 Å². The second-order valence-corrected chi connectivity index (χ2v) is 7.14. The highest BCUT2D eigenvalue weighted by Crippen LogP contribution is 2.25. The number of nitrogens with one attached hydrogen (secondary N) is 1. The van der Waals surface area contributed by atoms with Crippen LogP contribution in [0.2, 0.25) is 0 Å². The van der Waals surface area contributed by atoms with Crippen molar-refractivity contribution in [3.05, 3.63) is 48.6 Å². The summed E-state index contributed by atoms with van der Waals surface area (Å²) in [7, 11) is 0. The second kappa shape index (κ2) is 7.95. The molecule has 4 nitrogen and oxygen atoms in total. The Morgan fingerprint density at radius 1 is 1.38 bits per heavy atom. The van der Waals surface area contributed by atoms with E-state index in [0.29, 0.717) is 25.8 Å². The second-order valence-electron chi connectivity index (χ2n) is 7.14. The molecule has 2 rings (SSSR count). The maximum Gasteiger partial charge on any atom is 0.229 e. The number of carbonyl (C=O) groups excluding carboxylic acids is 1. The van der Waals surface area contributed by atoms with Gasteiger partial charge in [-0.15, -0.1) is 6.58 Å². The highest BCUT2D eigenvalue weighted by molar-refractivity contribution is 5.84. The van der Waals surface area contributed by atoms with E-state index in [9.17, 15) is 9.90 Å². The number of carbonyl (C=O) groups is 1. The van der Waals surface area contributed by atoms with E-state index in [2.05, 4.69) is 41.1 Å². The van der Waals surface area contributed by atoms with Gasteiger partial charge in [0.2, 0.25) is 5.91 Å². The highest BCUT2D eigenvalue weighted by Gasteiger charge is 2.35. The molecular formula is C20H30N2O2. The third-order valence-electron chi connectivity index (χ3n) is 5.32. The summed E-state index contributed by atoms with van der Waals surface area (Å²) in [6.07, 6.45) is 3.74. The zero-order valence-corrected chi connectivity index (χ0v) is 14.9. The first-order valence-corrected chi connectivity index (χ1v) is 8.81. The first-order valence-electron chi connectivity index (χ1n) is 8.81. The maximum absolute atomic E-state index is 12.3. The summed E-state index contributed by atoms with van der Waals surface area (Å²) in [5, 5.41) is 13.7. The van der Waals surface area contributed by atoms with Crippen molar-refractivity contribution < 1.29 is 9.90 Å².